The van der Waals surface area contributed by atoms with Crippen LogP contribution in [0.2, 0.25) is 5.02 Å². The van der Waals surface area contributed by atoms with Crippen LogP contribution in [-0.2, 0) is 12.8 Å². The smallest absolute Gasteiger partial charge is 0.120 e. The third kappa shape index (κ3) is 1.72. The molecule has 0 saturated carbocycles. The van der Waals surface area contributed by atoms with Crippen LogP contribution in [0.5, 0.6) is 5.75 Å². The summed E-state index contributed by atoms with van der Waals surface area (Å²) >= 11 is 6.15. The molecule has 1 aliphatic carbocycles. The number of ether oxygens (including phenoxy) is 1. The molecule has 0 aromatic heterocycles. The van der Waals surface area contributed by atoms with Gasteiger partial charge in [0.2, 0.25) is 0 Å². The molecule has 1 atom stereocenters. The highest BCUT2D eigenvalue weighted by atomic mass is 35.5. The van der Waals surface area contributed by atoms with Crippen LogP contribution in [0, 0.1) is 0 Å². The molecule has 2 nitrogen and oxygen atoms in total. The first-order chi connectivity index (χ1) is 6.70. The molecule has 0 saturated heterocycles. The van der Waals surface area contributed by atoms with Crippen LogP contribution < -0.4 is 10.5 Å². The summed E-state index contributed by atoms with van der Waals surface area (Å²) < 4.78 is 5.17. The first kappa shape index (κ1) is 9.81. The number of halogens is 1. The van der Waals surface area contributed by atoms with Gasteiger partial charge >= 0.3 is 0 Å². The molecule has 0 bridgehead atoms. The maximum absolute atomic E-state index is 6.15. The van der Waals surface area contributed by atoms with Gasteiger partial charge in [-0.2, -0.15) is 0 Å². The van der Waals surface area contributed by atoms with Crippen LogP contribution in [0.3, 0.4) is 0 Å². The molecule has 0 fully saturated rings. The molecule has 0 radical (unpaired) electrons. The van der Waals surface area contributed by atoms with E-state index in [0.717, 1.165) is 30.0 Å². The third-order valence-electron chi connectivity index (χ3n) is 2.74. The summed E-state index contributed by atoms with van der Waals surface area (Å²) in [5.41, 5.74) is 8.40. The van der Waals surface area contributed by atoms with Crippen molar-refractivity contribution in [2.75, 3.05) is 7.11 Å². The number of hydrogen-bond donors (Lipinski definition) is 1. The summed E-state index contributed by atoms with van der Waals surface area (Å²) in [4.78, 5) is 0. The van der Waals surface area contributed by atoms with E-state index in [1.165, 1.54) is 11.1 Å². The van der Waals surface area contributed by atoms with Crippen LogP contribution in [0.25, 0.3) is 0 Å². The first-order valence-electron chi connectivity index (χ1n) is 4.81. The topological polar surface area (TPSA) is 35.2 Å². The van der Waals surface area contributed by atoms with Crippen molar-refractivity contribution in [3.05, 3.63) is 28.3 Å². The van der Waals surface area contributed by atoms with Crippen molar-refractivity contribution in [3.63, 3.8) is 0 Å². The third-order valence-corrected chi connectivity index (χ3v) is 3.08. The summed E-state index contributed by atoms with van der Waals surface area (Å²) in [6.07, 6.45) is 2.92. The van der Waals surface area contributed by atoms with E-state index >= 15 is 0 Å². The van der Waals surface area contributed by atoms with Gasteiger partial charge in [-0.3, -0.25) is 0 Å². The van der Waals surface area contributed by atoms with Gasteiger partial charge in [0.05, 0.1) is 7.11 Å². The van der Waals surface area contributed by atoms with Gasteiger partial charge in [-0.25, -0.2) is 0 Å². The van der Waals surface area contributed by atoms with E-state index in [-0.39, 0.29) is 6.04 Å². The zero-order chi connectivity index (χ0) is 10.1. The summed E-state index contributed by atoms with van der Waals surface area (Å²) in [5, 5.41) is 0.811. The van der Waals surface area contributed by atoms with E-state index < -0.39 is 0 Å². The minimum Gasteiger partial charge on any atom is -0.497 e. The lowest BCUT2D eigenvalue weighted by molar-refractivity contribution is 0.413. The second kappa shape index (κ2) is 3.79. The molecule has 1 aromatic rings. The summed E-state index contributed by atoms with van der Waals surface area (Å²) in [6.45, 7) is 0. The molecule has 0 aliphatic heterocycles. The van der Waals surface area contributed by atoms with Crippen molar-refractivity contribution < 1.29 is 4.74 Å². The fraction of sp³-hybridized carbons (Fsp3) is 0.455. The molecule has 0 amide bonds. The monoisotopic (exact) mass is 211 g/mol. The molecule has 14 heavy (non-hydrogen) atoms. The Hall–Kier alpha value is -0.730. The number of benzene rings is 1. The predicted molar refractivity (Wildman–Crippen MR) is 58.0 cm³/mol. The Morgan fingerprint density at radius 1 is 1.50 bits per heavy atom. The first-order valence-corrected chi connectivity index (χ1v) is 5.19. The van der Waals surface area contributed by atoms with E-state index in [9.17, 15) is 0 Å². The molecule has 0 heterocycles. The van der Waals surface area contributed by atoms with Crippen molar-refractivity contribution in [2.24, 2.45) is 5.73 Å². The Kier molecular flexibility index (Phi) is 2.66. The minimum absolute atomic E-state index is 0.269. The van der Waals surface area contributed by atoms with Gasteiger partial charge in [0.15, 0.2) is 0 Å². The molecule has 2 rings (SSSR count). The number of hydrogen-bond acceptors (Lipinski definition) is 2. The van der Waals surface area contributed by atoms with Crippen LogP contribution in [0.15, 0.2) is 12.1 Å². The second-order valence-electron chi connectivity index (χ2n) is 3.75. The van der Waals surface area contributed by atoms with Gasteiger partial charge in [-0.05, 0) is 42.5 Å². The quantitative estimate of drug-likeness (QED) is 0.773. The zero-order valence-electron chi connectivity index (χ0n) is 8.22. The van der Waals surface area contributed by atoms with E-state index in [1.54, 1.807) is 7.11 Å². The van der Waals surface area contributed by atoms with Gasteiger partial charge in [-0.15, -0.1) is 0 Å². The van der Waals surface area contributed by atoms with Gasteiger partial charge in [0.1, 0.15) is 5.75 Å². The predicted octanol–water partition coefficient (Wildman–Crippen LogP) is 2.16. The Balaban J connectivity index is 2.43. The van der Waals surface area contributed by atoms with Crippen molar-refractivity contribution in [1.29, 1.82) is 0 Å². The number of methoxy groups -OCH3 is 1. The maximum atomic E-state index is 6.15. The molecular formula is C11H14ClNO. The molecule has 0 unspecified atom stereocenters. The Morgan fingerprint density at radius 3 is 3.00 bits per heavy atom. The fourth-order valence-electron chi connectivity index (χ4n) is 1.96. The highest BCUT2D eigenvalue weighted by molar-refractivity contribution is 6.31. The molecule has 1 aromatic carbocycles. The normalized spacial score (nSPS) is 20.4. The SMILES string of the molecule is COc1cc(Cl)c2c(c1)C[C@@H](N)CC2. The average molecular weight is 212 g/mol. The van der Waals surface area contributed by atoms with Crippen molar-refractivity contribution >= 4 is 11.6 Å². The lowest BCUT2D eigenvalue weighted by Gasteiger charge is -2.22. The number of nitrogens with two attached hydrogens (primary N) is 1. The van der Waals surface area contributed by atoms with Crippen molar-refractivity contribution in [2.45, 2.75) is 25.3 Å². The Bertz CT molecular complexity index is 351. The average Bonchev–Trinajstić information content (AvgIpc) is 2.16. The molecular weight excluding hydrogens is 198 g/mol. The van der Waals surface area contributed by atoms with Crippen LogP contribution in [0.4, 0.5) is 0 Å². The molecule has 76 valence electrons. The van der Waals surface area contributed by atoms with E-state index in [2.05, 4.69) is 0 Å². The molecule has 2 N–H and O–H groups in total. The van der Waals surface area contributed by atoms with Gasteiger partial charge < -0.3 is 10.5 Å². The maximum Gasteiger partial charge on any atom is 0.120 e. The minimum atomic E-state index is 0.269. The van der Waals surface area contributed by atoms with Gasteiger partial charge in [-0.1, -0.05) is 11.6 Å². The van der Waals surface area contributed by atoms with Gasteiger partial charge in [0.25, 0.3) is 0 Å². The highest BCUT2D eigenvalue weighted by Crippen LogP contribution is 2.31. The highest BCUT2D eigenvalue weighted by Gasteiger charge is 2.18. The molecule has 0 spiro atoms. The molecule has 1 aliphatic rings. The molecule has 3 heteroatoms. The van der Waals surface area contributed by atoms with Gasteiger partial charge in [0, 0.05) is 11.1 Å². The standard InChI is InChI=1S/C11H14ClNO/c1-14-9-5-7-4-8(13)2-3-10(7)11(12)6-9/h5-6,8H,2-4,13H2,1H3/t8-/m0/s1. The number of fused-ring (bicyclic) bond motifs is 1. The van der Waals surface area contributed by atoms with E-state index in [4.69, 9.17) is 22.1 Å². The Labute approximate surface area is 89.0 Å². The van der Waals surface area contributed by atoms with E-state index in [0.29, 0.717) is 0 Å². The summed E-state index contributed by atoms with van der Waals surface area (Å²) in [6, 6.07) is 4.18. The fourth-order valence-corrected chi connectivity index (χ4v) is 2.28. The summed E-state index contributed by atoms with van der Waals surface area (Å²) in [7, 11) is 1.65. The Morgan fingerprint density at radius 2 is 2.29 bits per heavy atom. The van der Waals surface area contributed by atoms with Crippen LogP contribution >= 0.6 is 11.6 Å². The lowest BCUT2D eigenvalue weighted by Crippen LogP contribution is -2.27. The zero-order valence-corrected chi connectivity index (χ0v) is 8.97. The lowest BCUT2D eigenvalue weighted by atomic mass is 9.88. The number of rotatable bonds is 1. The second-order valence-corrected chi connectivity index (χ2v) is 4.16. The van der Waals surface area contributed by atoms with Crippen molar-refractivity contribution in [1.82, 2.24) is 0 Å². The van der Waals surface area contributed by atoms with Crippen molar-refractivity contribution in [3.8, 4) is 5.75 Å². The van der Waals surface area contributed by atoms with Crippen LogP contribution in [0.1, 0.15) is 17.5 Å². The van der Waals surface area contributed by atoms with E-state index in [1.807, 2.05) is 12.1 Å². The van der Waals surface area contributed by atoms with Crippen LogP contribution in [-0.4, -0.2) is 13.2 Å². The summed E-state index contributed by atoms with van der Waals surface area (Å²) in [5.74, 6) is 0.822. The largest absolute Gasteiger partial charge is 0.497 e.